The lowest BCUT2D eigenvalue weighted by atomic mass is 10.2. The van der Waals surface area contributed by atoms with Crippen molar-refractivity contribution in [2.24, 2.45) is 0 Å². The average Bonchev–Trinajstić information content (AvgIpc) is 3.38. The molecule has 170 valence electrons. The SMILES string of the molecule is CCN(C(=O)CCS(=O)(=O)c1cc(Br)cc2c1N(C(C)=O)CC2)c1ccc2c(c1)OCO2. The van der Waals surface area contributed by atoms with Gasteiger partial charge in [-0.1, -0.05) is 15.9 Å². The highest BCUT2D eigenvalue weighted by molar-refractivity contribution is 9.10. The summed E-state index contributed by atoms with van der Waals surface area (Å²) in [4.78, 5) is 28.1. The zero-order chi connectivity index (χ0) is 23.0. The van der Waals surface area contributed by atoms with Crippen LogP contribution in [0.15, 0.2) is 39.7 Å². The van der Waals surface area contributed by atoms with Gasteiger partial charge in [0.2, 0.25) is 18.6 Å². The number of rotatable bonds is 6. The molecule has 0 spiro atoms. The van der Waals surface area contributed by atoms with Gasteiger partial charge in [0, 0.05) is 42.7 Å². The van der Waals surface area contributed by atoms with Gasteiger partial charge in [0.05, 0.1) is 16.3 Å². The largest absolute Gasteiger partial charge is 0.454 e. The number of carbonyl (C=O) groups is 2. The van der Waals surface area contributed by atoms with Crippen molar-refractivity contribution in [2.45, 2.75) is 31.6 Å². The van der Waals surface area contributed by atoms with Crippen molar-refractivity contribution >= 4 is 49.0 Å². The molecule has 0 aromatic heterocycles. The lowest BCUT2D eigenvalue weighted by molar-refractivity contribution is -0.118. The first-order chi connectivity index (χ1) is 15.2. The Morgan fingerprint density at radius 1 is 1.16 bits per heavy atom. The van der Waals surface area contributed by atoms with E-state index in [1.165, 1.54) is 22.8 Å². The Bertz CT molecular complexity index is 1200. The fourth-order valence-corrected chi connectivity index (χ4v) is 6.21. The minimum absolute atomic E-state index is 0.0773. The molecule has 2 aliphatic rings. The van der Waals surface area contributed by atoms with E-state index in [9.17, 15) is 18.0 Å². The van der Waals surface area contributed by atoms with Gasteiger partial charge in [-0.05, 0) is 43.2 Å². The Balaban J connectivity index is 1.56. The van der Waals surface area contributed by atoms with Crippen molar-refractivity contribution in [3.8, 4) is 11.5 Å². The normalized spacial score (nSPS) is 14.4. The topological polar surface area (TPSA) is 93.2 Å². The van der Waals surface area contributed by atoms with Gasteiger partial charge in [-0.3, -0.25) is 9.59 Å². The molecule has 32 heavy (non-hydrogen) atoms. The highest BCUT2D eigenvalue weighted by Gasteiger charge is 2.32. The molecule has 0 unspecified atom stereocenters. The number of ether oxygens (including phenoxy) is 2. The molecule has 0 bridgehead atoms. The second-order valence-corrected chi connectivity index (χ2v) is 10.6. The quantitative estimate of drug-likeness (QED) is 0.577. The van der Waals surface area contributed by atoms with Gasteiger partial charge >= 0.3 is 0 Å². The first-order valence-electron chi connectivity index (χ1n) is 10.2. The van der Waals surface area contributed by atoms with E-state index in [-0.39, 0.29) is 35.7 Å². The highest BCUT2D eigenvalue weighted by Crippen LogP contribution is 2.39. The third kappa shape index (κ3) is 4.21. The second kappa shape index (κ2) is 8.74. The first-order valence-corrected chi connectivity index (χ1v) is 12.7. The molecule has 0 saturated carbocycles. The minimum Gasteiger partial charge on any atom is -0.454 e. The van der Waals surface area contributed by atoms with Crippen LogP contribution in [0.2, 0.25) is 0 Å². The molecule has 10 heteroatoms. The molecule has 8 nitrogen and oxygen atoms in total. The van der Waals surface area contributed by atoms with Crippen molar-refractivity contribution in [2.75, 3.05) is 35.4 Å². The molecule has 2 aliphatic heterocycles. The van der Waals surface area contributed by atoms with Crippen LogP contribution in [0.1, 0.15) is 25.8 Å². The summed E-state index contributed by atoms with van der Waals surface area (Å²) in [7, 11) is -3.82. The molecule has 2 aromatic carbocycles. The van der Waals surface area contributed by atoms with E-state index in [2.05, 4.69) is 15.9 Å². The smallest absolute Gasteiger partial charge is 0.231 e. The summed E-state index contributed by atoms with van der Waals surface area (Å²) in [5.41, 5.74) is 1.84. The number of sulfone groups is 1. The van der Waals surface area contributed by atoms with E-state index in [0.29, 0.717) is 46.9 Å². The van der Waals surface area contributed by atoms with E-state index in [1.807, 2.05) is 13.0 Å². The van der Waals surface area contributed by atoms with Crippen molar-refractivity contribution in [1.82, 2.24) is 0 Å². The molecule has 0 radical (unpaired) electrons. The second-order valence-electron chi connectivity index (χ2n) is 7.58. The molecular formula is C22H23BrN2O6S. The summed E-state index contributed by atoms with van der Waals surface area (Å²) >= 11 is 3.37. The summed E-state index contributed by atoms with van der Waals surface area (Å²) in [6.45, 7) is 4.19. The van der Waals surface area contributed by atoms with Gasteiger partial charge in [-0.15, -0.1) is 0 Å². The number of amides is 2. The molecule has 0 atom stereocenters. The van der Waals surface area contributed by atoms with Crippen molar-refractivity contribution in [3.05, 3.63) is 40.4 Å². The fourth-order valence-electron chi connectivity index (χ4n) is 4.04. The molecule has 4 rings (SSSR count). The van der Waals surface area contributed by atoms with E-state index in [4.69, 9.17) is 9.47 Å². The zero-order valence-corrected chi connectivity index (χ0v) is 20.2. The number of hydrogen-bond donors (Lipinski definition) is 0. The van der Waals surface area contributed by atoms with Crippen LogP contribution in [0.3, 0.4) is 0 Å². The molecule has 0 N–H and O–H groups in total. The lowest BCUT2D eigenvalue weighted by Gasteiger charge is -2.22. The van der Waals surface area contributed by atoms with Crippen molar-refractivity contribution in [3.63, 3.8) is 0 Å². The molecule has 0 fully saturated rings. The maximum absolute atomic E-state index is 13.3. The number of halogens is 1. The lowest BCUT2D eigenvalue weighted by Crippen LogP contribution is -2.32. The molecule has 0 aliphatic carbocycles. The fraction of sp³-hybridized carbons (Fsp3) is 0.364. The maximum atomic E-state index is 13.3. The number of carbonyl (C=O) groups excluding carboxylic acids is 2. The van der Waals surface area contributed by atoms with Gasteiger partial charge in [0.25, 0.3) is 0 Å². The Hall–Kier alpha value is -2.59. The van der Waals surface area contributed by atoms with Crippen LogP contribution < -0.4 is 19.3 Å². The van der Waals surface area contributed by atoms with Gasteiger partial charge in [-0.2, -0.15) is 0 Å². The molecule has 2 aromatic rings. The van der Waals surface area contributed by atoms with Crippen LogP contribution in [0, 0.1) is 0 Å². The monoisotopic (exact) mass is 522 g/mol. The minimum atomic E-state index is -3.82. The van der Waals surface area contributed by atoms with E-state index >= 15 is 0 Å². The van der Waals surface area contributed by atoms with E-state index < -0.39 is 9.84 Å². The first kappa shape index (κ1) is 22.6. The summed E-state index contributed by atoms with van der Waals surface area (Å²) in [5, 5.41) is 0. The zero-order valence-electron chi connectivity index (χ0n) is 17.8. The predicted octanol–water partition coefficient (Wildman–Crippen LogP) is 3.30. The molecule has 2 heterocycles. The maximum Gasteiger partial charge on any atom is 0.231 e. The van der Waals surface area contributed by atoms with E-state index in [1.54, 1.807) is 18.2 Å². The van der Waals surface area contributed by atoms with Crippen molar-refractivity contribution in [1.29, 1.82) is 0 Å². The Labute approximate surface area is 195 Å². The van der Waals surface area contributed by atoms with Crippen LogP contribution in [-0.2, 0) is 25.8 Å². The standard InChI is InChI=1S/C22H23BrN2O6S/c1-3-24(17-4-5-18-19(12-17)31-13-30-18)21(27)7-9-32(28,29)20-11-16(23)10-15-6-8-25(14(2)26)22(15)20/h4-5,10-12H,3,6-9,13H2,1-2H3. The Morgan fingerprint density at radius 2 is 1.91 bits per heavy atom. The highest BCUT2D eigenvalue weighted by atomic mass is 79.9. The summed E-state index contributed by atoms with van der Waals surface area (Å²) < 4.78 is 37.8. The van der Waals surface area contributed by atoms with Crippen LogP contribution in [0.4, 0.5) is 11.4 Å². The number of fused-ring (bicyclic) bond motifs is 2. The van der Waals surface area contributed by atoms with Crippen LogP contribution in [-0.4, -0.2) is 45.9 Å². The number of anilines is 2. The summed E-state index contributed by atoms with van der Waals surface area (Å²) in [5.74, 6) is 0.277. The number of hydrogen-bond acceptors (Lipinski definition) is 6. The number of benzene rings is 2. The van der Waals surface area contributed by atoms with Gasteiger partial charge < -0.3 is 19.3 Å². The van der Waals surface area contributed by atoms with Crippen LogP contribution in [0.25, 0.3) is 0 Å². The van der Waals surface area contributed by atoms with Gasteiger partial charge in [-0.25, -0.2) is 8.42 Å². The molecular weight excluding hydrogens is 500 g/mol. The summed E-state index contributed by atoms with van der Waals surface area (Å²) in [6, 6.07) is 8.53. The van der Waals surface area contributed by atoms with Gasteiger partial charge in [0.1, 0.15) is 0 Å². The van der Waals surface area contributed by atoms with Crippen LogP contribution in [0.5, 0.6) is 11.5 Å². The average molecular weight is 523 g/mol. The van der Waals surface area contributed by atoms with Crippen LogP contribution >= 0.6 is 15.9 Å². The predicted molar refractivity (Wildman–Crippen MR) is 123 cm³/mol. The molecule has 0 saturated heterocycles. The Morgan fingerprint density at radius 3 is 2.62 bits per heavy atom. The Kier molecular flexibility index (Phi) is 6.17. The third-order valence-corrected chi connectivity index (χ3v) is 7.76. The molecule has 2 amide bonds. The van der Waals surface area contributed by atoms with Crippen molar-refractivity contribution < 1.29 is 27.5 Å². The van der Waals surface area contributed by atoms with E-state index in [0.717, 1.165) is 5.56 Å². The third-order valence-electron chi connectivity index (χ3n) is 5.58. The van der Waals surface area contributed by atoms with Gasteiger partial charge in [0.15, 0.2) is 21.3 Å². The summed E-state index contributed by atoms with van der Waals surface area (Å²) in [6.07, 6.45) is 0.398. The number of nitrogens with zero attached hydrogens (tertiary/aromatic N) is 2.